The number of amides is 1. The predicted molar refractivity (Wildman–Crippen MR) is 78.6 cm³/mol. The van der Waals surface area contributed by atoms with E-state index in [0.717, 1.165) is 36.0 Å². The lowest BCUT2D eigenvalue weighted by molar-refractivity contribution is -0.117. The Balaban J connectivity index is 0.00000133. The molecule has 1 aromatic carbocycles. The second-order valence-corrected chi connectivity index (χ2v) is 4.55. The maximum Gasteiger partial charge on any atom is 0.241 e. The highest BCUT2D eigenvalue weighted by atomic mass is 35.5. The van der Waals surface area contributed by atoms with Gasteiger partial charge in [-0.05, 0) is 43.7 Å². The van der Waals surface area contributed by atoms with Crippen LogP contribution in [-0.2, 0) is 4.79 Å². The number of halogens is 1. The molecular weight excluding hydrogens is 262 g/mol. The van der Waals surface area contributed by atoms with E-state index in [0.29, 0.717) is 0 Å². The van der Waals surface area contributed by atoms with Crippen molar-refractivity contribution < 1.29 is 4.79 Å². The normalized spacial score (nSPS) is 18.0. The van der Waals surface area contributed by atoms with E-state index in [4.69, 9.17) is 0 Å². The third kappa shape index (κ3) is 3.03. The van der Waals surface area contributed by atoms with Gasteiger partial charge in [0.15, 0.2) is 0 Å². The van der Waals surface area contributed by atoms with Gasteiger partial charge >= 0.3 is 0 Å². The van der Waals surface area contributed by atoms with Crippen LogP contribution in [0.2, 0.25) is 0 Å². The Hall–Kier alpha value is -1.65. The van der Waals surface area contributed by atoms with Gasteiger partial charge in [0.2, 0.25) is 5.91 Å². The van der Waals surface area contributed by atoms with Gasteiger partial charge in [-0.25, -0.2) is 0 Å². The van der Waals surface area contributed by atoms with Gasteiger partial charge in [-0.1, -0.05) is 6.07 Å². The molecule has 1 aliphatic rings. The summed E-state index contributed by atoms with van der Waals surface area (Å²) in [4.78, 5) is 16.2. The largest absolute Gasteiger partial charge is 0.325 e. The quantitative estimate of drug-likeness (QED) is 0.886. The summed E-state index contributed by atoms with van der Waals surface area (Å²) in [5.41, 5.74) is 1.77. The van der Waals surface area contributed by atoms with Gasteiger partial charge in [-0.15, -0.1) is 12.4 Å². The van der Waals surface area contributed by atoms with Crippen molar-refractivity contribution in [2.75, 3.05) is 11.9 Å². The summed E-state index contributed by atoms with van der Waals surface area (Å²) in [7, 11) is 0. The predicted octanol–water partition coefficient (Wildman–Crippen LogP) is 2.35. The molecule has 0 spiro atoms. The van der Waals surface area contributed by atoms with Crippen molar-refractivity contribution in [2.45, 2.75) is 18.9 Å². The summed E-state index contributed by atoms with van der Waals surface area (Å²) < 4.78 is 0. The van der Waals surface area contributed by atoms with Crippen molar-refractivity contribution in [2.24, 2.45) is 0 Å². The standard InChI is InChI=1S/C14H15N3O.ClH/c18-14(13-4-2-8-16-13)17-11-5-6-12-10(9-11)3-1-7-15-12;/h1,3,5-7,9,13,16H,2,4,8H2,(H,17,18);1H. The number of carbonyl (C=O) groups excluding carboxylic acids is 1. The smallest absolute Gasteiger partial charge is 0.241 e. The molecular formula is C14H16ClN3O. The minimum Gasteiger partial charge on any atom is -0.325 e. The number of hydrogen-bond acceptors (Lipinski definition) is 3. The highest BCUT2D eigenvalue weighted by Crippen LogP contribution is 2.17. The Morgan fingerprint density at radius 1 is 1.37 bits per heavy atom. The van der Waals surface area contributed by atoms with Crippen molar-refractivity contribution in [3.63, 3.8) is 0 Å². The molecule has 0 saturated carbocycles. The van der Waals surface area contributed by atoms with Gasteiger partial charge in [0.25, 0.3) is 0 Å². The molecule has 0 bridgehead atoms. The molecule has 3 rings (SSSR count). The molecule has 19 heavy (non-hydrogen) atoms. The fourth-order valence-corrected chi connectivity index (χ4v) is 2.29. The van der Waals surface area contributed by atoms with Crippen LogP contribution in [-0.4, -0.2) is 23.5 Å². The Bertz CT molecular complexity index is 582. The van der Waals surface area contributed by atoms with E-state index in [-0.39, 0.29) is 24.4 Å². The lowest BCUT2D eigenvalue weighted by Crippen LogP contribution is -2.35. The zero-order valence-corrected chi connectivity index (χ0v) is 11.2. The van der Waals surface area contributed by atoms with E-state index >= 15 is 0 Å². The number of aromatic nitrogens is 1. The molecule has 0 radical (unpaired) electrons. The highest BCUT2D eigenvalue weighted by molar-refractivity contribution is 5.96. The van der Waals surface area contributed by atoms with Gasteiger partial charge in [0, 0.05) is 17.3 Å². The molecule has 1 amide bonds. The molecule has 0 aliphatic carbocycles. The molecule has 1 fully saturated rings. The van der Waals surface area contributed by atoms with Crippen molar-refractivity contribution in [3.8, 4) is 0 Å². The molecule has 2 N–H and O–H groups in total. The van der Waals surface area contributed by atoms with Gasteiger partial charge in [-0.3, -0.25) is 9.78 Å². The Labute approximate surface area is 118 Å². The zero-order valence-electron chi connectivity index (χ0n) is 10.4. The van der Waals surface area contributed by atoms with E-state index in [9.17, 15) is 4.79 Å². The number of nitrogens with one attached hydrogen (secondary N) is 2. The van der Waals surface area contributed by atoms with E-state index in [1.54, 1.807) is 6.20 Å². The van der Waals surface area contributed by atoms with Crippen molar-refractivity contribution >= 4 is 34.9 Å². The SMILES string of the molecule is Cl.O=C(Nc1ccc2ncccc2c1)C1CCCN1. The molecule has 1 unspecified atom stereocenters. The molecule has 2 heterocycles. The first-order chi connectivity index (χ1) is 8.83. The van der Waals surface area contributed by atoms with Crippen LogP contribution in [0, 0.1) is 0 Å². The molecule has 5 heteroatoms. The van der Waals surface area contributed by atoms with E-state index in [1.165, 1.54) is 0 Å². The van der Waals surface area contributed by atoms with Crippen LogP contribution in [0.5, 0.6) is 0 Å². The summed E-state index contributed by atoms with van der Waals surface area (Å²) in [6.45, 7) is 0.930. The second kappa shape index (κ2) is 5.99. The van der Waals surface area contributed by atoms with Crippen LogP contribution in [0.1, 0.15) is 12.8 Å². The minimum absolute atomic E-state index is 0. The number of fused-ring (bicyclic) bond motifs is 1. The first-order valence-corrected chi connectivity index (χ1v) is 6.22. The van der Waals surface area contributed by atoms with Gasteiger partial charge < -0.3 is 10.6 Å². The number of anilines is 1. The monoisotopic (exact) mass is 277 g/mol. The molecule has 1 aromatic heterocycles. The molecule has 2 aromatic rings. The number of hydrogen-bond donors (Lipinski definition) is 2. The first-order valence-electron chi connectivity index (χ1n) is 6.22. The maximum absolute atomic E-state index is 12.0. The maximum atomic E-state index is 12.0. The molecule has 1 atom stereocenters. The van der Waals surface area contributed by atoms with E-state index < -0.39 is 0 Å². The van der Waals surface area contributed by atoms with Crippen LogP contribution in [0.4, 0.5) is 5.69 Å². The minimum atomic E-state index is -0.0467. The van der Waals surface area contributed by atoms with Crippen LogP contribution >= 0.6 is 12.4 Å². The summed E-state index contributed by atoms with van der Waals surface area (Å²) in [5, 5.41) is 7.17. The van der Waals surface area contributed by atoms with Crippen molar-refractivity contribution in [1.82, 2.24) is 10.3 Å². The van der Waals surface area contributed by atoms with E-state index in [1.807, 2.05) is 30.3 Å². The third-order valence-corrected chi connectivity index (χ3v) is 3.25. The molecule has 1 aliphatic heterocycles. The number of rotatable bonds is 2. The summed E-state index contributed by atoms with van der Waals surface area (Å²) in [6, 6.07) is 9.61. The molecule has 4 nitrogen and oxygen atoms in total. The highest BCUT2D eigenvalue weighted by Gasteiger charge is 2.21. The van der Waals surface area contributed by atoms with Crippen LogP contribution in [0.3, 0.4) is 0 Å². The average molecular weight is 278 g/mol. The Kier molecular flexibility index (Phi) is 4.35. The molecule has 1 saturated heterocycles. The lowest BCUT2D eigenvalue weighted by atomic mass is 10.2. The zero-order chi connectivity index (χ0) is 12.4. The van der Waals surface area contributed by atoms with Crippen molar-refractivity contribution in [1.29, 1.82) is 0 Å². The molecule has 100 valence electrons. The van der Waals surface area contributed by atoms with Crippen LogP contribution < -0.4 is 10.6 Å². The number of benzene rings is 1. The van der Waals surface area contributed by atoms with E-state index in [2.05, 4.69) is 15.6 Å². The van der Waals surface area contributed by atoms with Gasteiger partial charge in [0.05, 0.1) is 11.6 Å². The first kappa shape index (κ1) is 13.8. The third-order valence-electron chi connectivity index (χ3n) is 3.25. The lowest BCUT2D eigenvalue weighted by Gasteiger charge is -2.11. The van der Waals surface area contributed by atoms with Gasteiger partial charge in [-0.2, -0.15) is 0 Å². The fraction of sp³-hybridized carbons (Fsp3) is 0.286. The fourth-order valence-electron chi connectivity index (χ4n) is 2.29. The summed E-state index contributed by atoms with van der Waals surface area (Å²) in [6.07, 6.45) is 3.75. The van der Waals surface area contributed by atoms with Crippen molar-refractivity contribution in [3.05, 3.63) is 36.5 Å². The number of carbonyl (C=O) groups is 1. The number of pyridine rings is 1. The topological polar surface area (TPSA) is 54.0 Å². The number of nitrogens with zero attached hydrogens (tertiary/aromatic N) is 1. The van der Waals surface area contributed by atoms with Gasteiger partial charge in [0.1, 0.15) is 0 Å². The average Bonchev–Trinajstić information content (AvgIpc) is 2.92. The van der Waals surface area contributed by atoms with Crippen LogP contribution in [0.15, 0.2) is 36.5 Å². The van der Waals surface area contributed by atoms with Crippen LogP contribution in [0.25, 0.3) is 10.9 Å². The Morgan fingerprint density at radius 2 is 2.26 bits per heavy atom. The Morgan fingerprint density at radius 3 is 3.05 bits per heavy atom. The summed E-state index contributed by atoms with van der Waals surface area (Å²) in [5.74, 6) is 0.0516. The second-order valence-electron chi connectivity index (χ2n) is 4.55. The summed E-state index contributed by atoms with van der Waals surface area (Å²) >= 11 is 0.